The summed E-state index contributed by atoms with van der Waals surface area (Å²) in [6, 6.07) is 2.45. The highest BCUT2D eigenvalue weighted by molar-refractivity contribution is 5.87. The lowest BCUT2D eigenvalue weighted by Crippen LogP contribution is -2.40. The molecule has 2 rings (SSSR count). The van der Waals surface area contributed by atoms with Crippen LogP contribution in [-0.4, -0.2) is 44.2 Å². The Morgan fingerprint density at radius 3 is 3.15 bits per heavy atom. The summed E-state index contributed by atoms with van der Waals surface area (Å²) in [4.78, 5) is 14.1. The van der Waals surface area contributed by atoms with Gasteiger partial charge >= 0.3 is 5.97 Å². The molecule has 1 aliphatic heterocycles. The summed E-state index contributed by atoms with van der Waals surface area (Å²) >= 11 is 0. The summed E-state index contributed by atoms with van der Waals surface area (Å²) in [5.74, 6) is -0.0563. The van der Waals surface area contributed by atoms with E-state index < -0.39 is 5.97 Å². The van der Waals surface area contributed by atoms with E-state index in [0.717, 1.165) is 31.6 Å². The van der Waals surface area contributed by atoms with Gasteiger partial charge in [-0.1, -0.05) is 6.42 Å². The fourth-order valence-corrected chi connectivity index (χ4v) is 2.86. The molecule has 0 saturated carbocycles. The average molecular weight is 280 g/mol. The van der Waals surface area contributed by atoms with Gasteiger partial charge in [0.25, 0.3) is 0 Å². The summed E-state index contributed by atoms with van der Waals surface area (Å²) < 4.78 is 10.0. The third kappa shape index (κ3) is 3.61. The molecule has 5 nitrogen and oxygen atoms in total. The lowest BCUT2D eigenvalue weighted by molar-refractivity contribution is 0.0559. The van der Waals surface area contributed by atoms with E-state index in [1.807, 2.05) is 13.1 Å². The predicted octanol–water partition coefficient (Wildman–Crippen LogP) is 2.03. The third-order valence-electron chi connectivity index (χ3n) is 3.97. The fourth-order valence-electron chi connectivity index (χ4n) is 2.86. The van der Waals surface area contributed by atoms with E-state index in [2.05, 4.69) is 10.2 Å². The van der Waals surface area contributed by atoms with Crippen LogP contribution < -0.4 is 5.32 Å². The van der Waals surface area contributed by atoms with Crippen molar-refractivity contribution in [1.82, 2.24) is 10.2 Å². The Labute approximate surface area is 120 Å². The number of nitrogens with one attached hydrogen (secondary N) is 1. The van der Waals surface area contributed by atoms with E-state index in [0.29, 0.717) is 11.8 Å². The van der Waals surface area contributed by atoms with Crippen molar-refractivity contribution in [1.29, 1.82) is 0 Å². The number of hydrogen-bond donors (Lipinski definition) is 1. The number of furan rings is 1. The molecule has 1 N–H and O–H groups in total. The number of likely N-dealkylation sites (tertiary alicyclic amines) is 1. The topological polar surface area (TPSA) is 54.7 Å². The maximum atomic E-state index is 11.6. The zero-order chi connectivity index (χ0) is 14.4. The van der Waals surface area contributed by atoms with Crippen LogP contribution in [-0.2, 0) is 11.3 Å². The second-order valence-corrected chi connectivity index (χ2v) is 5.28. The Morgan fingerprint density at radius 1 is 1.55 bits per heavy atom. The minimum Gasteiger partial charge on any atom is -0.463 e. The first-order valence-corrected chi connectivity index (χ1v) is 7.29. The highest BCUT2D eigenvalue weighted by Crippen LogP contribution is 2.23. The molecule has 20 heavy (non-hydrogen) atoms. The van der Waals surface area contributed by atoms with Gasteiger partial charge in [-0.2, -0.15) is 0 Å². The summed E-state index contributed by atoms with van der Waals surface area (Å²) in [5.41, 5.74) is 0.924. The van der Waals surface area contributed by atoms with Crippen molar-refractivity contribution in [3.8, 4) is 0 Å². The van der Waals surface area contributed by atoms with Gasteiger partial charge in [0.15, 0.2) is 0 Å². The van der Waals surface area contributed by atoms with Crippen molar-refractivity contribution in [2.45, 2.75) is 38.3 Å². The SMILES string of the molecule is CNCCC1CCCCN1Cc1ccoc1C(=O)OC. The molecule has 0 aromatic carbocycles. The van der Waals surface area contributed by atoms with Crippen LogP contribution in [0.25, 0.3) is 0 Å². The first-order chi connectivity index (χ1) is 9.76. The van der Waals surface area contributed by atoms with E-state index in [9.17, 15) is 4.79 Å². The first-order valence-electron chi connectivity index (χ1n) is 7.29. The smallest absolute Gasteiger partial charge is 0.374 e. The van der Waals surface area contributed by atoms with Crippen molar-refractivity contribution >= 4 is 5.97 Å². The molecule has 5 heteroatoms. The summed E-state index contributed by atoms with van der Waals surface area (Å²) in [7, 11) is 3.36. The maximum Gasteiger partial charge on any atom is 0.374 e. The van der Waals surface area contributed by atoms with Crippen LogP contribution in [0.4, 0.5) is 0 Å². The highest BCUT2D eigenvalue weighted by atomic mass is 16.5. The van der Waals surface area contributed by atoms with Gasteiger partial charge < -0.3 is 14.5 Å². The number of esters is 1. The van der Waals surface area contributed by atoms with E-state index in [1.165, 1.54) is 26.4 Å². The van der Waals surface area contributed by atoms with Gasteiger partial charge in [0.2, 0.25) is 5.76 Å². The van der Waals surface area contributed by atoms with E-state index >= 15 is 0 Å². The van der Waals surface area contributed by atoms with Crippen molar-refractivity contribution in [3.05, 3.63) is 23.7 Å². The zero-order valence-corrected chi connectivity index (χ0v) is 12.4. The third-order valence-corrected chi connectivity index (χ3v) is 3.97. The van der Waals surface area contributed by atoms with E-state index in [1.54, 1.807) is 6.26 Å². The van der Waals surface area contributed by atoms with Gasteiger partial charge in [-0.05, 0) is 45.5 Å². The number of nitrogens with zero attached hydrogens (tertiary/aromatic N) is 1. The lowest BCUT2D eigenvalue weighted by atomic mass is 9.98. The van der Waals surface area contributed by atoms with Crippen molar-refractivity contribution < 1.29 is 13.9 Å². The van der Waals surface area contributed by atoms with Gasteiger partial charge in [0.05, 0.1) is 13.4 Å². The molecular formula is C15H24N2O3. The Bertz CT molecular complexity index is 431. The molecule has 2 heterocycles. The van der Waals surface area contributed by atoms with Gasteiger partial charge in [0, 0.05) is 18.2 Å². The van der Waals surface area contributed by atoms with Crippen LogP contribution in [0.3, 0.4) is 0 Å². The number of ether oxygens (including phenoxy) is 1. The number of carbonyl (C=O) groups is 1. The summed E-state index contributed by atoms with van der Waals surface area (Å²) in [6.07, 6.45) is 6.45. The molecule has 1 atom stereocenters. The van der Waals surface area contributed by atoms with Gasteiger partial charge in [0.1, 0.15) is 0 Å². The van der Waals surface area contributed by atoms with Gasteiger partial charge in [-0.3, -0.25) is 4.90 Å². The van der Waals surface area contributed by atoms with Crippen molar-refractivity contribution in [3.63, 3.8) is 0 Å². The van der Waals surface area contributed by atoms with Crippen LogP contribution in [0.5, 0.6) is 0 Å². The normalized spacial score (nSPS) is 20.0. The molecule has 0 amide bonds. The quantitative estimate of drug-likeness (QED) is 0.808. The number of hydrogen-bond acceptors (Lipinski definition) is 5. The van der Waals surface area contributed by atoms with E-state index in [4.69, 9.17) is 9.15 Å². The lowest BCUT2D eigenvalue weighted by Gasteiger charge is -2.35. The molecule has 1 aliphatic rings. The zero-order valence-electron chi connectivity index (χ0n) is 12.4. The fraction of sp³-hybridized carbons (Fsp3) is 0.667. The molecule has 1 aromatic rings. The molecule has 0 aliphatic carbocycles. The molecule has 0 radical (unpaired) electrons. The van der Waals surface area contributed by atoms with Crippen LogP contribution in [0, 0.1) is 0 Å². The van der Waals surface area contributed by atoms with Gasteiger partial charge in [-0.25, -0.2) is 4.79 Å². The minimum absolute atomic E-state index is 0.338. The Morgan fingerprint density at radius 2 is 2.40 bits per heavy atom. The second-order valence-electron chi connectivity index (χ2n) is 5.28. The monoisotopic (exact) mass is 280 g/mol. The molecular weight excluding hydrogens is 256 g/mol. The molecule has 1 unspecified atom stereocenters. The number of rotatable bonds is 6. The summed E-state index contributed by atoms with van der Waals surface area (Å²) in [5, 5.41) is 3.21. The van der Waals surface area contributed by atoms with Crippen LogP contribution >= 0.6 is 0 Å². The average Bonchev–Trinajstić information content (AvgIpc) is 2.93. The second kappa shape index (κ2) is 7.45. The van der Waals surface area contributed by atoms with Crippen LogP contribution in [0.15, 0.2) is 16.7 Å². The Kier molecular flexibility index (Phi) is 5.61. The highest BCUT2D eigenvalue weighted by Gasteiger charge is 2.25. The number of carbonyl (C=O) groups excluding carboxylic acids is 1. The van der Waals surface area contributed by atoms with Crippen molar-refractivity contribution in [2.24, 2.45) is 0 Å². The van der Waals surface area contributed by atoms with Crippen molar-refractivity contribution in [2.75, 3.05) is 27.2 Å². The molecule has 1 fully saturated rings. The molecule has 0 spiro atoms. The number of piperidine rings is 1. The molecule has 1 saturated heterocycles. The Hall–Kier alpha value is -1.33. The molecule has 1 aromatic heterocycles. The maximum absolute atomic E-state index is 11.6. The summed E-state index contributed by atoms with van der Waals surface area (Å²) in [6.45, 7) is 2.87. The number of methoxy groups -OCH3 is 1. The standard InChI is InChI=1S/C15H24N2O3/c1-16-8-6-13-5-3-4-9-17(13)11-12-7-10-20-14(12)15(18)19-2/h7,10,13,16H,3-6,8-9,11H2,1-2H3. The molecule has 112 valence electrons. The molecule has 0 bridgehead atoms. The largest absolute Gasteiger partial charge is 0.463 e. The predicted molar refractivity (Wildman–Crippen MR) is 76.6 cm³/mol. The Balaban J connectivity index is 2.03. The van der Waals surface area contributed by atoms with Crippen LogP contribution in [0.2, 0.25) is 0 Å². The minimum atomic E-state index is -0.395. The first kappa shape index (κ1) is 15.1. The van der Waals surface area contributed by atoms with Crippen LogP contribution in [0.1, 0.15) is 41.8 Å². The van der Waals surface area contributed by atoms with E-state index in [-0.39, 0.29) is 0 Å². The van der Waals surface area contributed by atoms with Gasteiger partial charge in [-0.15, -0.1) is 0 Å².